The van der Waals surface area contributed by atoms with E-state index in [9.17, 15) is 0 Å². The summed E-state index contributed by atoms with van der Waals surface area (Å²) in [6, 6.07) is 6.94. The number of halogens is 1. The van der Waals surface area contributed by atoms with Gasteiger partial charge in [-0.2, -0.15) is 0 Å². The summed E-state index contributed by atoms with van der Waals surface area (Å²) in [6.45, 7) is 8.14. The molecular formula is C14H23ClN4. The molecule has 0 saturated carbocycles. The molecule has 1 unspecified atom stereocenters. The quantitative estimate of drug-likeness (QED) is 0.896. The standard InChI is InChI=1S/C14H22N4.ClH/c1-2-5-16-13(3-1)11-17-8-4-14(12-17)18-9-6-15-7-10-18;/h1-3,5,14-15H,4,6-12H2;1H. The lowest BCUT2D eigenvalue weighted by atomic mass is 10.2. The van der Waals surface area contributed by atoms with Crippen molar-refractivity contribution in [3.05, 3.63) is 30.1 Å². The van der Waals surface area contributed by atoms with Crippen molar-refractivity contribution in [1.82, 2.24) is 20.1 Å². The van der Waals surface area contributed by atoms with Crippen molar-refractivity contribution in [2.45, 2.75) is 19.0 Å². The first-order chi connectivity index (χ1) is 8.92. The van der Waals surface area contributed by atoms with E-state index in [4.69, 9.17) is 0 Å². The van der Waals surface area contributed by atoms with E-state index < -0.39 is 0 Å². The van der Waals surface area contributed by atoms with Gasteiger partial charge in [0.1, 0.15) is 0 Å². The number of piperazine rings is 1. The molecule has 1 aromatic rings. The normalized spacial score (nSPS) is 25.2. The van der Waals surface area contributed by atoms with Gasteiger partial charge in [0.25, 0.3) is 0 Å². The highest BCUT2D eigenvalue weighted by atomic mass is 35.5. The number of nitrogens with zero attached hydrogens (tertiary/aromatic N) is 3. The third-order valence-electron chi connectivity index (χ3n) is 4.03. The second kappa shape index (κ2) is 7.20. The van der Waals surface area contributed by atoms with Crippen molar-refractivity contribution in [2.24, 2.45) is 0 Å². The van der Waals surface area contributed by atoms with Crippen LogP contribution in [0.25, 0.3) is 0 Å². The summed E-state index contributed by atoms with van der Waals surface area (Å²) in [5.74, 6) is 0. The first-order valence-electron chi connectivity index (χ1n) is 6.99. The average molecular weight is 283 g/mol. The highest BCUT2D eigenvalue weighted by Gasteiger charge is 2.28. The van der Waals surface area contributed by atoms with E-state index in [1.807, 2.05) is 12.3 Å². The summed E-state index contributed by atoms with van der Waals surface area (Å²) < 4.78 is 0. The Kier molecular flexibility index (Phi) is 5.58. The molecule has 1 atom stereocenters. The van der Waals surface area contributed by atoms with Crippen LogP contribution in [0.4, 0.5) is 0 Å². The molecule has 1 N–H and O–H groups in total. The minimum atomic E-state index is 0. The molecule has 5 heteroatoms. The number of pyridine rings is 1. The van der Waals surface area contributed by atoms with Gasteiger partial charge >= 0.3 is 0 Å². The third-order valence-corrected chi connectivity index (χ3v) is 4.03. The summed E-state index contributed by atoms with van der Waals surface area (Å²) in [4.78, 5) is 9.60. The molecule has 2 saturated heterocycles. The number of hydrogen-bond acceptors (Lipinski definition) is 4. The topological polar surface area (TPSA) is 31.4 Å². The zero-order valence-electron chi connectivity index (χ0n) is 11.3. The van der Waals surface area contributed by atoms with Gasteiger partial charge in [-0.1, -0.05) is 6.07 Å². The monoisotopic (exact) mass is 282 g/mol. The van der Waals surface area contributed by atoms with Gasteiger partial charge in [0.2, 0.25) is 0 Å². The van der Waals surface area contributed by atoms with E-state index in [1.165, 1.54) is 38.3 Å². The van der Waals surface area contributed by atoms with Gasteiger partial charge in [-0.3, -0.25) is 14.8 Å². The summed E-state index contributed by atoms with van der Waals surface area (Å²) in [5.41, 5.74) is 1.19. The van der Waals surface area contributed by atoms with Crippen molar-refractivity contribution in [1.29, 1.82) is 0 Å². The van der Waals surface area contributed by atoms with E-state index in [0.717, 1.165) is 25.7 Å². The molecule has 0 amide bonds. The molecule has 4 nitrogen and oxygen atoms in total. The lowest BCUT2D eigenvalue weighted by Gasteiger charge is -2.32. The highest BCUT2D eigenvalue weighted by molar-refractivity contribution is 5.85. The molecule has 0 aromatic carbocycles. The van der Waals surface area contributed by atoms with Gasteiger partial charge in [-0.25, -0.2) is 0 Å². The smallest absolute Gasteiger partial charge is 0.0543 e. The second-order valence-corrected chi connectivity index (χ2v) is 5.28. The molecule has 3 heterocycles. The zero-order valence-corrected chi connectivity index (χ0v) is 12.1. The Morgan fingerprint density at radius 1 is 1.21 bits per heavy atom. The second-order valence-electron chi connectivity index (χ2n) is 5.28. The Morgan fingerprint density at radius 3 is 2.79 bits per heavy atom. The van der Waals surface area contributed by atoms with Gasteiger partial charge < -0.3 is 5.32 Å². The SMILES string of the molecule is Cl.c1ccc(CN2CCC(N3CCNCC3)C2)nc1. The summed E-state index contributed by atoms with van der Waals surface area (Å²) in [7, 11) is 0. The first kappa shape index (κ1) is 14.7. The van der Waals surface area contributed by atoms with Crippen LogP contribution in [0.2, 0.25) is 0 Å². The number of aromatic nitrogens is 1. The Morgan fingerprint density at radius 2 is 2.05 bits per heavy atom. The molecule has 1 aromatic heterocycles. The summed E-state index contributed by atoms with van der Waals surface area (Å²) >= 11 is 0. The predicted octanol–water partition coefficient (Wildman–Crippen LogP) is 0.983. The fourth-order valence-electron chi connectivity index (χ4n) is 3.02. The zero-order chi connectivity index (χ0) is 12.2. The molecule has 0 aliphatic carbocycles. The Bertz CT molecular complexity index is 367. The van der Waals surface area contributed by atoms with Crippen molar-refractivity contribution < 1.29 is 0 Å². The maximum atomic E-state index is 4.41. The van der Waals surface area contributed by atoms with Crippen LogP contribution < -0.4 is 5.32 Å². The van der Waals surface area contributed by atoms with E-state index in [2.05, 4.69) is 32.2 Å². The molecule has 0 spiro atoms. The van der Waals surface area contributed by atoms with Crippen LogP contribution in [0.3, 0.4) is 0 Å². The summed E-state index contributed by atoms with van der Waals surface area (Å²) in [6.07, 6.45) is 3.20. The van der Waals surface area contributed by atoms with E-state index >= 15 is 0 Å². The van der Waals surface area contributed by atoms with Crippen LogP contribution >= 0.6 is 12.4 Å². The fraction of sp³-hybridized carbons (Fsp3) is 0.643. The molecule has 2 fully saturated rings. The van der Waals surface area contributed by atoms with Crippen LogP contribution in [-0.2, 0) is 6.54 Å². The van der Waals surface area contributed by atoms with Crippen molar-refractivity contribution in [2.75, 3.05) is 39.3 Å². The molecule has 0 bridgehead atoms. The molecular weight excluding hydrogens is 260 g/mol. The number of hydrogen-bond donors (Lipinski definition) is 1. The molecule has 19 heavy (non-hydrogen) atoms. The van der Waals surface area contributed by atoms with Crippen LogP contribution in [0, 0.1) is 0 Å². The largest absolute Gasteiger partial charge is 0.314 e. The lowest BCUT2D eigenvalue weighted by molar-refractivity contribution is 0.170. The van der Waals surface area contributed by atoms with Crippen molar-refractivity contribution >= 4 is 12.4 Å². The maximum absolute atomic E-state index is 4.41. The van der Waals surface area contributed by atoms with Crippen LogP contribution in [0.15, 0.2) is 24.4 Å². The van der Waals surface area contributed by atoms with E-state index in [0.29, 0.717) is 0 Å². The average Bonchev–Trinajstić information content (AvgIpc) is 2.89. The highest BCUT2D eigenvalue weighted by Crippen LogP contribution is 2.17. The van der Waals surface area contributed by atoms with Crippen molar-refractivity contribution in [3.8, 4) is 0 Å². The third kappa shape index (κ3) is 3.89. The molecule has 3 rings (SSSR count). The number of rotatable bonds is 3. The van der Waals surface area contributed by atoms with Crippen molar-refractivity contribution in [3.63, 3.8) is 0 Å². The maximum Gasteiger partial charge on any atom is 0.0543 e. The predicted molar refractivity (Wildman–Crippen MR) is 79.6 cm³/mol. The Hall–Kier alpha value is -0.680. The Balaban J connectivity index is 0.00000133. The molecule has 0 radical (unpaired) electrons. The van der Waals surface area contributed by atoms with Crippen LogP contribution in [0.1, 0.15) is 12.1 Å². The van der Waals surface area contributed by atoms with Gasteiger partial charge in [-0.05, 0) is 18.6 Å². The fourth-order valence-corrected chi connectivity index (χ4v) is 3.02. The molecule has 2 aliphatic rings. The summed E-state index contributed by atoms with van der Waals surface area (Å²) in [5, 5.41) is 3.42. The minimum absolute atomic E-state index is 0. The number of likely N-dealkylation sites (tertiary alicyclic amines) is 1. The van der Waals surface area contributed by atoms with Gasteiger partial charge in [0.15, 0.2) is 0 Å². The van der Waals surface area contributed by atoms with E-state index in [1.54, 1.807) is 0 Å². The van der Waals surface area contributed by atoms with Gasteiger partial charge in [0.05, 0.1) is 5.69 Å². The van der Waals surface area contributed by atoms with Gasteiger partial charge in [0, 0.05) is 58.1 Å². The van der Waals surface area contributed by atoms with Gasteiger partial charge in [-0.15, -0.1) is 12.4 Å². The molecule has 106 valence electrons. The van der Waals surface area contributed by atoms with E-state index in [-0.39, 0.29) is 12.4 Å². The lowest BCUT2D eigenvalue weighted by Crippen LogP contribution is -2.49. The Labute approximate surface area is 121 Å². The minimum Gasteiger partial charge on any atom is -0.314 e. The van der Waals surface area contributed by atoms with Crippen LogP contribution in [-0.4, -0.2) is 60.1 Å². The first-order valence-corrected chi connectivity index (χ1v) is 6.99. The molecule has 2 aliphatic heterocycles. The number of nitrogens with one attached hydrogen (secondary N) is 1. The van der Waals surface area contributed by atoms with Crippen LogP contribution in [0.5, 0.6) is 0 Å².